The van der Waals surface area contributed by atoms with Gasteiger partial charge in [-0.05, 0) is 22.3 Å². The number of esters is 1. The Balaban J connectivity index is 1.56. The number of benzene rings is 3. The number of hydrogen-bond acceptors (Lipinski definition) is 5. The number of amides is 1. The van der Waals surface area contributed by atoms with Crippen LogP contribution in [0.25, 0.3) is 5.57 Å². The van der Waals surface area contributed by atoms with Crippen LogP contribution in [0.15, 0.2) is 90.6 Å². The zero-order valence-corrected chi connectivity index (χ0v) is 19.8. The first kappa shape index (κ1) is 22.7. The van der Waals surface area contributed by atoms with Crippen molar-refractivity contribution in [3.8, 4) is 0 Å². The standard InChI is InChI=1S/C27H23ClN2O3S/c28-15-17-11-13-18(14-12-17)21-16-34-26-22(29)25(31)30(26)23(21)27(32)33-24(19-7-3-1-4-8-19)20-9-5-2-6-10-20/h1-14,22,24,26H,15-16,29H2/t22-,26?/m1/s1. The molecule has 0 aromatic heterocycles. The van der Waals surface area contributed by atoms with Crippen LogP contribution in [0.1, 0.15) is 28.4 Å². The van der Waals surface area contributed by atoms with Gasteiger partial charge in [-0.1, -0.05) is 84.9 Å². The van der Waals surface area contributed by atoms with Crippen LogP contribution in [0.5, 0.6) is 0 Å². The Morgan fingerprint density at radius 2 is 1.59 bits per heavy atom. The first-order valence-electron chi connectivity index (χ1n) is 11.0. The smallest absolute Gasteiger partial charge is 0.356 e. The lowest BCUT2D eigenvalue weighted by atomic mass is 9.98. The number of hydrogen-bond donors (Lipinski definition) is 1. The second kappa shape index (κ2) is 9.66. The summed E-state index contributed by atoms with van der Waals surface area (Å²) in [6.45, 7) is 0. The monoisotopic (exact) mass is 490 g/mol. The van der Waals surface area contributed by atoms with E-state index in [0.29, 0.717) is 11.6 Å². The summed E-state index contributed by atoms with van der Waals surface area (Å²) in [5.74, 6) is 0.142. The second-order valence-corrected chi connectivity index (χ2v) is 9.57. The highest BCUT2D eigenvalue weighted by Crippen LogP contribution is 2.43. The predicted molar refractivity (Wildman–Crippen MR) is 135 cm³/mol. The van der Waals surface area contributed by atoms with Gasteiger partial charge < -0.3 is 10.5 Å². The maximum atomic E-state index is 13.8. The number of nitrogens with two attached hydrogens (primary N) is 1. The number of carbonyl (C=O) groups is 2. The topological polar surface area (TPSA) is 72.6 Å². The lowest BCUT2D eigenvalue weighted by Crippen LogP contribution is -2.68. The number of fused-ring (bicyclic) bond motifs is 1. The lowest BCUT2D eigenvalue weighted by Gasteiger charge is -2.48. The van der Waals surface area contributed by atoms with Crippen LogP contribution < -0.4 is 5.73 Å². The first-order chi connectivity index (χ1) is 16.6. The minimum absolute atomic E-state index is 0.269. The number of β-lactam (4-membered cyclic amide) rings is 1. The Kier molecular flexibility index (Phi) is 6.46. The summed E-state index contributed by atoms with van der Waals surface area (Å²) in [6.07, 6.45) is -0.611. The summed E-state index contributed by atoms with van der Waals surface area (Å²) in [5, 5.41) is -0.271. The molecule has 2 heterocycles. The van der Waals surface area contributed by atoms with Gasteiger partial charge in [0.05, 0.1) is 0 Å². The molecular weight excluding hydrogens is 468 g/mol. The van der Waals surface area contributed by atoms with E-state index in [2.05, 4.69) is 0 Å². The number of nitrogens with zero attached hydrogens (tertiary/aromatic N) is 1. The maximum absolute atomic E-state index is 13.8. The molecule has 5 nitrogen and oxygen atoms in total. The van der Waals surface area contributed by atoms with Gasteiger partial charge in [-0.3, -0.25) is 9.69 Å². The molecule has 0 radical (unpaired) electrons. The molecule has 0 aliphatic carbocycles. The van der Waals surface area contributed by atoms with Crippen molar-refractivity contribution in [3.05, 3.63) is 113 Å². The van der Waals surface area contributed by atoms with E-state index in [1.54, 1.807) is 11.8 Å². The summed E-state index contributed by atoms with van der Waals surface area (Å²) < 4.78 is 6.13. The number of alkyl halides is 1. The van der Waals surface area contributed by atoms with Gasteiger partial charge in [0.1, 0.15) is 17.1 Å². The maximum Gasteiger partial charge on any atom is 0.356 e. The van der Waals surface area contributed by atoms with Crippen LogP contribution in [0, 0.1) is 0 Å². The van der Waals surface area contributed by atoms with Crippen molar-refractivity contribution >= 4 is 40.8 Å². The van der Waals surface area contributed by atoms with Crippen molar-refractivity contribution in [3.63, 3.8) is 0 Å². The van der Waals surface area contributed by atoms with Gasteiger partial charge in [0, 0.05) is 17.2 Å². The van der Waals surface area contributed by atoms with E-state index >= 15 is 0 Å². The van der Waals surface area contributed by atoms with E-state index < -0.39 is 18.1 Å². The van der Waals surface area contributed by atoms with Crippen molar-refractivity contribution in [2.75, 3.05) is 5.75 Å². The number of halogens is 1. The summed E-state index contributed by atoms with van der Waals surface area (Å²) in [5.41, 5.74) is 10.6. The molecule has 2 aliphatic rings. The molecule has 172 valence electrons. The van der Waals surface area contributed by atoms with E-state index in [9.17, 15) is 9.59 Å². The zero-order valence-electron chi connectivity index (χ0n) is 18.3. The van der Waals surface area contributed by atoms with Crippen LogP contribution in [0.3, 0.4) is 0 Å². The molecule has 34 heavy (non-hydrogen) atoms. The molecule has 1 amide bonds. The van der Waals surface area contributed by atoms with Gasteiger partial charge in [0.25, 0.3) is 0 Å². The molecule has 3 aromatic carbocycles. The molecule has 0 saturated carbocycles. The highest BCUT2D eigenvalue weighted by Gasteiger charge is 2.52. The largest absolute Gasteiger partial charge is 0.448 e. The minimum atomic E-state index is -0.619. The number of ether oxygens (including phenoxy) is 1. The molecule has 7 heteroatoms. The van der Waals surface area contributed by atoms with E-state index in [-0.39, 0.29) is 17.0 Å². The Bertz CT molecular complexity index is 1190. The number of carbonyl (C=O) groups excluding carboxylic acids is 2. The number of thioether (sulfide) groups is 1. The third-order valence-corrected chi connectivity index (χ3v) is 7.70. The van der Waals surface area contributed by atoms with Crippen molar-refractivity contribution in [2.24, 2.45) is 5.73 Å². The van der Waals surface area contributed by atoms with Crippen molar-refractivity contribution in [2.45, 2.75) is 23.4 Å². The van der Waals surface area contributed by atoms with Crippen molar-refractivity contribution < 1.29 is 14.3 Å². The fraction of sp³-hybridized carbons (Fsp3) is 0.185. The molecule has 1 saturated heterocycles. The molecule has 0 bridgehead atoms. The van der Waals surface area contributed by atoms with Crippen LogP contribution in [-0.2, 0) is 20.2 Å². The van der Waals surface area contributed by atoms with Gasteiger partial charge in [0.2, 0.25) is 5.91 Å². The summed E-state index contributed by atoms with van der Waals surface area (Å²) in [6, 6.07) is 26.3. The van der Waals surface area contributed by atoms with Gasteiger partial charge in [-0.25, -0.2) is 4.79 Å². The summed E-state index contributed by atoms with van der Waals surface area (Å²) in [4.78, 5) is 28.0. The van der Waals surface area contributed by atoms with E-state index in [1.807, 2.05) is 84.9 Å². The molecule has 1 unspecified atom stereocenters. The van der Waals surface area contributed by atoms with Crippen molar-refractivity contribution in [1.82, 2.24) is 4.90 Å². The van der Waals surface area contributed by atoms with Crippen LogP contribution in [0.2, 0.25) is 0 Å². The highest BCUT2D eigenvalue weighted by atomic mass is 35.5. The Morgan fingerprint density at radius 3 is 2.15 bits per heavy atom. The van der Waals surface area contributed by atoms with Gasteiger partial charge in [-0.15, -0.1) is 23.4 Å². The minimum Gasteiger partial charge on any atom is -0.448 e. The van der Waals surface area contributed by atoms with Crippen LogP contribution in [0.4, 0.5) is 0 Å². The third kappa shape index (κ3) is 4.13. The van der Waals surface area contributed by atoms with Gasteiger partial charge >= 0.3 is 5.97 Å². The summed E-state index contributed by atoms with van der Waals surface area (Å²) >= 11 is 7.51. The molecule has 3 aromatic rings. The molecule has 5 rings (SSSR count). The highest BCUT2D eigenvalue weighted by molar-refractivity contribution is 8.00. The van der Waals surface area contributed by atoms with E-state index in [1.165, 1.54) is 4.90 Å². The Hall–Kier alpha value is -3.06. The quantitative estimate of drug-likeness (QED) is 0.308. The predicted octanol–water partition coefficient (Wildman–Crippen LogP) is 4.71. The van der Waals surface area contributed by atoms with Crippen LogP contribution >= 0.6 is 23.4 Å². The average molecular weight is 491 g/mol. The SMILES string of the molecule is N[C@@H]1C(=O)N2C(C(=O)OC(c3ccccc3)c3ccccc3)=C(c3ccc(CCl)cc3)CSC12. The van der Waals surface area contributed by atoms with Crippen LogP contribution in [-0.4, -0.2) is 33.9 Å². The normalized spacial score (nSPS) is 19.6. The second-order valence-electron chi connectivity index (χ2n) is 8.20. The average Bonchev–Trinajstić information content (AvgIpc) is 2.91. The molecule has 2 N–H and O–H groups in total. The lowest BCUT2D eigenvalue weighted by molar-refractivity contribution is -0.152. The molecule has 1 fully saturated rings. The Labute approximate surface area is 207 Å². The molecule has 0 spiro atoms. The van der Waals surface area contributed by atoms with Gasteiger partial charge in [-0.2, -0.15) is 0 Å². The number of rotatable bonds is 6. The fourth-order valence-electron chi connectivity index (χ4n) is 4.27. The Morgan fingerprint density at radius 1 is 1.00 bits per heavy atom. The third-order valence-electron chi connectivity index (χ3n) is 6.09. The molecule has 2 aliphatic heterocycles. The molecule has 2 atom stereocenters. The fourth-order valence-corrected chi connectivity index (χ4v) is 5.77. The van der Waals surface area contributed by atoms with Crippen molar-refractivity contribution in [1.29, 1.82) is 0 Å². The zero-order chi connectivity index (χ0) is 23.7. The molecular formula is C27H23ClN2O3S. The van der Waals surface area contributed by atoms with E-state index in [4.69, 9.17) is 22.1 Å². The van der Waals surface area contributed by atoms with Gasteiger partial charge in [0.15, 0.2) is 6.10 Å². The van der Waals surface area contributed by atoms with E-state index in [0.717, 1.165) is 27.8 Å². The first-order valence-corrected chi connectivity index (χ1v) is 12.6. The summed E-state index contributed by atoms with van der Waals surface area (Å²) in [7, 11) is 0.